The van der Waals surface area contributed by atoms with Crippen molar-refractivity contribution in [3.05, 3.63) is 24.3 Å². The number of carbonyl (C=O) groups is 1. The summed E-state index contributed by atoms with van der Waals surface area (Å²) in [7, 11) is -3.21. The lowest BCUT2D eigenvalue weighted by Gasteiger charge is -2.36. The zero-order valence-electron chi connectivity index (χ0n) is 14.9. The van der Waals surface area contributed by atoms with Gasteiger partial charge in [-0.1, -0.05) is 12.1 Å². The third-order valence-electron chi connectivity index (χ3n) is 4.86. The quantitative estimate of drug-likeness (QED) is 0.843. The molecule has 1 amide bonds. The monoisotopic (exact) mass is 383 g/mol. The van der Waals surface area contributed by atoms with Gasteiger partial charge >= 0.3 is 6.09 Å². The minimum Gasteiger partial charge on any atom is -0.487 e. The van der Waals surface area contributed by atoms with E-state index in [1.807, 2.05) is 24.3 Å². The Balaban J connectivity index is 1.69. The number of sulfonamides is 1. The van der Waals surface area contributed by atoms with Crippen molar-refractivity contribution in [2.24, 2.45) is 0 Å². The molecule has 0 radical (unpaired) electrons. The first kappa shape index (κ1) is 18.8. The van der Waals surface area contributed by atoms with Crippen LogP contribution in [0.5, 0.6) is 5.75 Å². The second kappa shape index (κ2) is 7.71. The third kappa shape index (κ3) is 4.39. The minimum absolute atomic E-state index is 0.181. The Hall–Kier alpha value is -2.00. The zero-order chi connectivity index (χ0) is 18.7. The molecule has 26 heavy (non-hydrogen) atoms. The van der Waals surface area contributed by atoms with Gasteiger partial charge in [0, 0.05) is 32.7 Å². The van der Waals surface area contributed by atoms with Crippen LogP contribution in [-0.4, -0.2) is 80.5 Å². The second-order valence-corrected chi connectivity index (χ2v) is 8.71. The lowest BCUT2D eigenvalue weighted by atomic mass is 10.1. The highest BCUT2D eigenvalue weighted by atomic mass is 32.2. The van der Waals surface area contributed by atoms with E-state index in [1.165, 1.54) is 15.5 Å². The van der Waals surface area contributed by atoms with Crippen LogP contribution in [0.25, 0.3) is 0 Å². The molecule has 9 heteroatoms. The molecule has 0 spiro atoms. The molecule has 0 aromatic heterocycles. The molecule has 1 aromatic carbocycles. The van der Waals surface area contributed by atoms with Gasteiger partial charge in [0.25, 0.3) is 0 Å². The van der Waals surface area contributed by atoms with E-state index in [9.17, 15) is 13.2 Å². The van der Waals surface area contributed by atoms with Gasteiger partial charge in [0.15, 0.2) is 0 Å². The van der Waals surface area contributed by atoms with Gasteiger partial charge in [0.1, 0.15) is 11.9 Å². The maximum absolute atomic E-state index is 11.8. The Morgan fingerprint density at radius 2 is 1.85 bits per heavy atom. The molecule has 144 valence electrons. The van der Waals surface area contributed by atoms with Crippen molar-refractivity contribution in [2.75, 3.05) is 50.4 Å². The Morgan fingerprint density at radius 3 is 2.50 bits per heavy atom. The minimum atomic E-state index is -3.21. The molecule has 1 unspecified atom stereocenters. The number of ether oxygens (including phenoxy) is 1. The van der Waals surface area contributed by atoms with Crippen molar-refractivity contribution in [3.63, 3.8) is 0 Å². The van der Waals surface area contributed by atoms with Gasteiger partial charge in [0.2, 0.25) is 10.0 Å². The summed E-state index contributed by atoms with van der Waals surface area (Å²) in [6.07, 6.45) is 1.74. The van der Waals surface area contributed by atoms with Gasteiger partial charge in [-0.2, -0.15) is 4.31 Å². The van der Waals surface area contributed by atoms with Crippen LogP contribution in [0, 0.1) is 0 Å². The molecule has 0 aliphatic carbocycles. The average Bonchev–Trinajstić information content (AvgIpc) is 2.62. The molecule has 0 saturated carbocycles. The summed E-state index contributed by atoms with van der Waals surface area (Å²) in [5.74, 6) is 0.719. The van der Waals surface area contributed by atoms with Gasteiger partial charge in [-0.05, 0) is 25.0 Å². The van der Waals surface area contributed by atoms with Crippen molar-refractivity contribution in [3.8, 4) is 5.75 Å². The van der Waals surface area contributed by atoms with Gasteiger partial charge < -0.3 is 19.6 Å². The number of hydrogen-bond donors (Lipinski definition) is 1. The van der Waals surface area contributed by atoms with Crippen LogP contribution in [0.15, 0.2) is 24.3 Å². The molecule has 1 atom stereocenters. The average molecular weight is 383 g/mol. The Morgan fingerprint density at radius 1 is 1.15 bits per heavy atom. The van der Waals surface area contributed by atoms with Crippen LogP contribution in [0.2, 0.25) is 0 Å². The molecule has 2 saturated heterocycles. The number of hydrogen-bond acceptors (Lipinski definition) is 5. The Labute approximate surface area is 154 Å². The van der Waals surface area contributed by atoms with E-state index in [2.05, 4.69) is 4.90 Å². The first-order chi connectivity index (χ1) is 12.3. The number of piperidine rings is 1. The standard InChI is InChI=1S/C17H25N3O5S/c1-26(23,24)20-8-4-5-14(13-20)25-16-7-3-2-6-15(16)18-9-11-19(12-10-18)17(21)22/h2-3,6-7,14H,4-5,8-13H2,1H3,(H,21,22). The largest absolute Gasteiger partial charge is 0.487 e. The SMILES string of the molecule is CS(=O)(=O)N1CCCC(Oc2ccccc2N2CCN(C(=O)O)CC2)C1. The van der Waals surface area contributed by atoms with E-state index in [-0.39, 0.29) is 6.10 Å². The summed E-state index contributed by atoms with van der Waals surface area (Å²) in [5.41, 5.74) is 0.925. The maximum atomic E-state index is 11.8. The fourth-order valence-electron chi connectivity index (χ4n) is 3.44. The molecule has 2 heterocycles. The lowest BCUT2D eigenvalue weighted by molar-refractivity contribution is 0.129. The number of para-hydroxylation sites is 2. The van der Waals surface area contributed by atoms with Crippen LogP contribution in [-0.2, 0) is 10.0 Å². The summed E-state index contributed by atoms with van der Waals surface area (Å²) in [6.45, 7) is 3.01. The van der Waals surface area contributed by atoms with Gasteiger partial charge in [0.05, 0.1) is 18.5 Å². The van der Waals surface area contributed by atoms with Crippen molar-refractivity contribution >= 4 is 21.8 Å². The molecule has 2 aliphatic heterocycles. The molecule has 2 aliphatic rings. The number of nitrogens with zero attached hydrogens (tertiary/aromatic N) is 3. The predicted octanol–water partition coefficient (Wildman–Crippen LogP) is 1.29. The van der Waals surface area contributed by atoms with Crippen molar-refractivity contribution in [1.29, 1.82) is 0 Å². The number of piperazine rings is 1. The number of amides is 1. The van der Waals surface area contributed by atoms with E-state index in [4.69, 9.17) is 9.84 Å². The summed E-state index contributed by atoms with van der Waals surface area (Å²) in [6, 6.07) is 7.67. The van der Waals surface area contributed by atoms with Gasteiger partial charge in [-0.15, -0.1) is 0 Å². The topological polar surface area (TPSA) is 90.4 Å². The summed E-state index contributed by atoms with van der Waals surface area (Å²) in [5, 5.41) is 9.09. The van der Waals surface area contributed by atoms with Crippen LogP contribution >= 0.6 is 0 Å². The van der Waals surface area contributed by atoms with Crippen molar-refractivity contribution in [2.45, 2.75) is 18.9 Å². The number of anilines is 1. The van der Waals surface area contributed by atoms with Gasteiger partial charge in [-0.3, -0.25) is 0 Å². The summed E-state index contributed by atoms with van der Waals surface area (Å²) in [4.78, 5) is 14.6. The first-order valence-electron chi connectivity index (χ1n) is 8.78. The molecule has 0 bridgehead atoms. The zero-order valence-corrected chi connectivity index (χ0v) is 15.7. The van der Waals surface area contributed by atoms with E-state index in [0.717, 1.165) is 24.3 Å². The number of carboxylic acid groups (broad SMARTS) is 1. The fraction of sp³-hybridized carbons (Fsp3) is 0.588. The van der Waals surface area contributed by atoms with E-state index in [1.54, 1.807) is 0 Å². The Bertz CT molecular complexity index is 747. The summed E-state index contributed by atoms with van der Waals surface area (Å²) >= 11 is 0. The molecule has 1 aromatic rings. The molecular formula is C17H25N3O5S. The number of benzene rings is 1. The highest BCUT2D eigenvalue weighted by Gasteiger charge is 2.28. The molecular weight excluding hydrogens is 358 g/mol. The predicted molar refractivity (Wildman–Crippen MR) is 98.3 cm³/mol. The van der Waals surface area contributed by atoms with E-state index >= 15 is 0 Å². The lowest BCUT2D eigenvalue weighted by Crippen LogP contribution is -2.48. The fourth-order valence-corrected chi connectivity index (χ4v) is 4.34. The smallest absolute Gasteiger partial charge is 0.407 e. The van der Waals surface area contributed by atoms with Crippen molar-refractivity contribution in [1.82, 2.24) is 9.21 Å². The van der Waals surface area contributed by atoms with Crippen molar-refractivity contribution < 1.29 is 23.1 Å². The van der Waals surface area contributed by atoms with Crippen LogP contribution < -0.4 is 9.64 Å². The molecule has 2 fully saturated rings. The van der Waals surface area contributed by atoms with Crippen LogP contribution in [0.1, 0.15) is 12.8 Å². The molecule has 3 rings (SSSR count). The normalized spacial score (nSPS) is 22.3. The van der Waals surface area contributed by atoms with Crippen LogP contribution in [0.4, 0.5) is 10.5 Å². The van der Waals surface area contributed by atoms with Crippen LogP contribution in [0.3, 0.4) is 0 Å². The summed E-state index contributed by atoms with van der Waals surface area (Å²) < 4.78 is 31.2. The van der Waals surface area contributed by atoms with Gasteiger partial charge in [-0.25, -0.2) is 13.2 Å². The second-order valence-electron chi connectivity index (χ2n) is 6.73. The van der Waals surface area contributed by atoms with E-state index < -0.39 is 16.1 Å². The number of rotatable bonds is 4. The van der Waals surface area contributed by atoms with E-state index in [0.29, 0.717) is 39.3 Å². The molecule has 1 N–H and O–H groups in total. The third-order valence-corrected chi connectivity index (χ3v) is 6.13. The molecule has 8 nitrogen and oxygen atoms in total. The first-order valence-corrected chi connectivity index (χ1v) is 10.6. The highest BCUT2D eigenvalue weighted by molar-refractivity contribution is 7.88. The maximum Gasteiger partial charge on any atom is 0.407 e. The Kier molecular flexibility index (Phi) is 5.57. The highest BCUT2D eigenvalue weighted by Crippen LogP contribution is 2.31.